The van der Waals surface area contributed by atoms with Crippen LogP contribution in [0.25, 0.3) is 16.7 Å². The summed E-state index contributed by atoms with van der Waals surface area (Å²) in [5, 5.41) is 6.25. The highest BCUT2D eigenvalue weighted by Gasteiger charge is 2.12. The number of hydrogen-bond acceptors (Lipinski definition) is 5. The highest BCUT2D eigenvalue weighted by Crippen LogP contribution is 2.27. The standard InChI is InChI=1S/C13H12N4OS/c1-3-8-19-11-9-6-4-5-7-10(9)17-12(14-11)15-13(16-17)18-2/h3-7H,1,8H2,2H3. The summed E-state index contributed by atoms with van der Waals surface area (Å²) in [6.07, 6.45) is 1.86. The number of nitrogens with zero attached hydrogens (tertiary/aromatic N) is 4. The van der Waals surface area contributed by atoms with Crippen LogP contribution in [0.2, 0.25) is 0 Å². The van der Waals surface area contributed by atoms with Crippen molar-refractivity contribution in [1.29, 1.82) is 0 Å². The van der Waals surface area contributed by atoms with E-state index in [-0.39, 0.29) is 0 Å². The third kappa shape index (κ3) is 2.04. The topological polar surface area (TPSA) is 52.3 Å². The van der Waals surface area contributed by atoms with E-state index in [0.29, 0.717) is 11.8 Å². The van der Waals surface area contributed by atoms with Crippen LogP contribution >= 0.6 is 11.8 Å². The van der Waals surface area contributed by atoms with Crippen LogP contribution in [-0.4, -0.2) is 32.4 Å². The average molecular weight is 272 g/mol. The fraction of sp³-hybridized carbons (Fsp3) is 0.154. The van der Waals surface area contributed by atoms with E-state index >= 15 is 0 Å². The minimum absolute atomic E-state index is 0.323. The first kappa shape index (κ1) is 12.0. The molecule has 2 heterocycles. The van der Waals surface area contributed by atoms with Crippen LogP contribution in [-0.2, 0) is 0 Å². The molecule has 0 radical (unpaired) electrons. The maximum atomic E-state index is 5.06. The molecule has 96 valence electrons. The molecule has 0 atom stereocenters. The van der Waals surface area contributed by atoms with Gasteiger partial charge in [0.2, 0.25) is 0 Å². The van der Waals surface area contributed by atoms with E-state index in [1.165, 1.54) is 0 Å². The summed E-state index contributed by atoms with van der Waals surface area (Å²) in [5.74, 6) is 1.35. The largest absolute Gasteiger partial charge is 0.466 e. The van der Waals surface area contributed by atoms with Crippen molar-refractivity contribution in [1.82, 2.24) is 19.6 Å². The molecular weight excluding hydrogens is 260 g/mol. The molecule has 0 N–H and O–H groups in total. The predicted molar refractivity (Wildman–Crippen MR) is 75.8 cm³/mol. The van der Waals surface area contributed by atoms with E-state index in [1.54, 1.807) is 23.4 Å². The van der Waals surface area contributed by atoms with Crippen molar-refractivity contribution in [3.63, 3.8) is 0 Å². The second-order valence-electron chi connectivity index (χ2n) is 3.84. The molecule has 0 amide bonds. The second kappa shape index (κ2) is 4.89. The monoisotopic (exact) mass is 272 g/mol. The molecule has 3 aromatic rings. The van der Waals surface area contributed by atoms with Crippen molar-refractivity contribution >= 4 is 28.4 Å². The van der Waals surface area contributed by atoms with Crippen molar-refractivity contribution in [2.75, 3.05) is 12.9 Å². The van der Waals surface area contributed by atoms with E-state index in [2.05, 4.69) is 21.6 Å². The molecule has 2 aromatic heterocycles. The van der Waals surface area contributed by atoms with Crippen LogP contribution in [0.3, 0.4) is 0 Å². The molecule has 0 fully saturated rings. The molecule has 0 spiro atoms. The fourth-order valence-corrected chi connectivity index (χ4v) is 2.59. The second-order valence-corrected chi connectivity index (χ2v) is 4.85. The first-order valence-corrected chi connectivity index (χ1v) is 6.75. The molecule has 19 heavy (non-hydrogen) atoms. The Morgan fingerprint density at radius 3 is 3.00 bits per heavy atom. The van der Waals surface area contributed by atoms with E-state index < -0.39 is 0 Å². The van der Waals surface area contributed by atoms with Gasteiger partial charge < -0.3 is 4.74 Å². The highest BCUT2D eigenvalue weighted by molar-refractivity contribution is 7.99. The lowest BCUT2D eigenvalue weighted by molar-refractivity contribution is 0.381. The molecule has 3 rings (SSSR count). The Morgan fingerprint density at radius 2 is 2.21 bits per heavy atom. The van der Waals surface area contributed by atoms with Gasteiger partial charge in [0.05, 0.1) is 12.6 Å². The van der Waals surface area contributed by atoms with Crippen LogP contribution < -0.4 is 4.74 Å². The van der Waals surface area contributed by atoms with Crippen LogP contribution in [0.4, 0.5) is 0 Å². The van der Waals surface area contributed by atoms with E-state index in [9.17, 15) is 0 Å². The Hall–Kier alpha value is -2.08. The maximum Gasteiger partial charge on any atom is 0.337 e. The first-order chi connectivity index (χ1) is 9.33. The predicted octanol–water partition coefficient (Wildman–Crippen LogP) is 2.56. The Labute approximate surface area is 114 Å². The number of para-hydroxylation sites is 1. The van der Waals surface area contributed by atoms with Gasteiger partial charge in [0, 0.05) is 11.1 Å². The molecule has 0 bridgehead atoms. The Balaban J connectivity index is 2.30. The van der Waals surface area contributed by atoms with Gasteiger partial charge in [-0.05, 0) is 6.07 Å². The summed E-state index contributed by atoms with van der Waals surface area (Å²) in [4.78, 5) is 8.76. The molecule has 0 aliphatic rings. The van der Waals surface area contributed by atoms with Crippen molar-refractivity contribution in [3.8, 4) is 6.01 Å². The summed E-state index contributed by atoms with van der Waals surface area (Å²) in [7, 11) is 1.55. The summed E-state index contributed by atoms with van der Waals surface area (Å²) in [5.41, 5.74) is 0.967. The SMILES string of the molecule is C=CCSc1nc2nc(OC)nn2c2ccccc12. The van der Waals surface area contributed by atoms with Gasteiger partial charge in [0.25, 0.3) is 5.78 Å². The normalized spacial score (nSPS) is 11.0. The van der Waals surface area contributed by atoms with Crippen LogP contribution in [0.1, 0.15) is 0 Å². The summed E-state index contributed by atoms with van der Waals surface area (Å²) < 4.78 is 6.76. The summed E-state index contributed by atoms with van der Waals surface area (Å²) in [6.45, 7) is 3.73. The molecule has 0 unspecified atom stereocenters. The molecule has 0 saturated carbocycles. The van der Waals surface area contributed by atoms with Gasteiger partial charge in [-0.15, -0.1) is 23.4 Å². The first-order valence-electron chi connectivity index (χ1n) is 5.76. The number of aromatic nitrogens is 4. The van der Waals surface area contributed by atoms with Gasteiger partial charge >= 0.3 is 6.01 Å². The van der Waals surface area contributed by atoms with Crippen molar-refractivity contribution in [2.24, 2.45) is 0 Å². The number of hydrogen-bond donors (Lipinski definition) is 0. The number of fused-ring (bicyclic) bond motifs is 3. The zero-order chi connectivity index (χ0) is 13.2. The number of benzene rings is 1. The van der Waals surface area contributed by atoms with E-state index in [0.717, 1.165) is 21.7 Å². The smallest absolute Gasteiger partial charge is 0.337 e. The maximum absolute atomic E-state index is 5.06. The fourth-order valence-electron chi connectivity index (χ4n) is 1.84. The summed E-state index contributed by atoms with van der Waals surface area (Å²) in [6, 6.07) is 8.31. The lowest BCUT2D eigenvalue weighted by Crippen LogP contribution is -1.96. The van der Waals surface area contributed by atoms with E-state index in [4.69, 9.17) is 4.74 Å². The van der Waals surface area contributed by atoms with Gasteiger partial charge in [-0.1, -0.05) is 24.3 Å². The van der Waals surface area contributed by atoms with Gasteiger partial charge in [-0.3, -0.25) is 0 Å². The summed E-state index contributed by atoms with van der Waals surface area (Å²) >= 11 is 1.63. The molecular formula is C13H12N4OS. The molecule has 1 aromatic carbocycles. The zero-order valence-electron chi connectivity index (χ0n) is 10.4. The number of ether oxygens (including phenoxy) is 1. The number of thioether (sulfide) groups is 1. The lowest BCUT2D eigenvalue weighted by Gasteiger charge is -2.05. The highest BCUT2D eigenvalue weighted by atomic mass is 32.2. The molecule has 0 aliphatic heterocycles. The number of rotatable bonds is 4. The van der Waals surface area contributed by atoms with Gasteiger partial charge in [-0.2, -0.15) is 9.50 Å². The quantitative estimate of drug-likeness (QED) is 0.415. The van der Waals surface area contributed by atoms with Crippen molar-refractivity contribution in [3.05, 3.63) is 36.9 Å². The van der Waals surface area contributed by atoms with Gasteiger partial charge in [-0.25, -0.2) is 4.98 Å². The minimum Gasteiger partial charge on any atom is -0.466 e. The third-order valence-corrected chi connectivity index (χ3v) is 3.64. The van der Waals surface area contributed by atoms with Gasteiger partial charge in [0.1, 0.15) is 5.03 Å². The van der Waals surface area contributed by atoms with Crippen molar-refractivity contribution < 1.29 is 4.74 Å². The Kier molecular flexibility index (Phi) is 3.08. The molecule has 5 nitrogen and oxygen atoms in total. The van der Waals surface area contributed by atoms with Crippen molar-refractivity contribution in [2.45, 2.75) is 5.03 Å². The third-order valence-electron chi connectivity index (χ3n) is 2.66. The van der Waals surface area contributed by atoms with Crippen LogP contribution in [0.5, 0.6) is 6.01 Å². The molecule has 6 heteroatoms. The number of methoxy groups -OCH3 is 1. The Morgan fingerprint density at radius 1 is 1.37 bits per heavy atom. The molecule has 0 aliphatic carbocycles. The molecule has 0 saturated heterocycles. The average Bonchev–Trinajstić information content (AvgIpc) is 2.88. The van der Waals surface area contributed by atoms with Gasteiger partial charge in [0.15, 0.2) is 0 Å². The van der Waals surface area contributed by atoms with Crippen LogP contribution in [0.15, 0.2) is 41.9 Å². The zero-order valence-corrected chi connectivity index (χ0v) is 11.2. The Bertz CT molecular complexity index is 753. The minimum atomic E-state index is 0.323. The lowest BCUT2D eigenvalue weighted by atomic mass is 10.2. The van der Waals surface area contributed by atoms with Crippen LogP contribution in [0, 0.1) is 0 Å². The van der Waals surface area contributed by atoms with E-state index in [1.807, 2.05) is 30.3 Å².